The lowest BCUT2D eigenvalue weighted by atomic mass is 10.2. The smallest absolute Gasteiger partial charge is 0.248 e. The fourth-order valence-corrected chi connectivity index (χ4v) is 2.55. The van der Waals surface area contributed by atoms with E-state index >= 15 is 0 Å². The zero-order chi connectivity index (χ0) is 16.1. The lowest BCUT2D eigenvalue weighted by Gasteiger charge is -2.34. The molecule has 5 nitrogen and oxygen atoms in total. The van der Waals surface area contributed by atoms with Crippen molar-refractivity contribution < 1.29 is 9.21 Å². The lowest BCUT2D eigenvalue weighted by Crippen LogP contribution is -2.44. The minimum absolute atomic E-state index is 0.172. The second-order valence-electron chi connectivity index (χ2n) is 5.68. The highest BCUT2D eigenvalue weighted by Gasteiger charge is 2.13. The zero-order valence-electron chi connectivity index (χ0n) is 13.2. The Balaban J connectivity index is 1.56. The van der Waals surface area contributed by atoms with Gasteiger partial charge in [-0.15, -0.1) is 0 Å². The number of anilines is 2. The summed E-state index contributed by atoms with van der Waals surface area (Å²) < 4.78 is 5.15. The number of nitrogens with zero attached hydrogens (tertiary/aromatic N) is 2. The summed E-state index contributed by atoms with van der Waals surface area (Å²) in [6, 6.07) is 11.6. The molecule has 0 atom stereocenters. The van der Waals surface area contributed by atoms with E-state index in [1.54, 1.807) is 24.5 Å². The Hall–Kier alpha value is -2.53. The summed E-state index contributed by atoms with van der Waals surface area (Å²) in [6.07, 6.45) is 4.69. The van der Waals surface area contributed by atoms with E-state index in [1.807, 2.05) is 12.1 Å². The Kier molecular flexibility index (Phi) is 4.78. The van der Waals surface area contributed by atoms with Crippen LogP contribution in [0.3, 0.4) is 0 Å². The van der Waals surface area contributed by atoms with Gasteiger partial charge >= 0.3 is 0 Å². The average molecular weight is 311 g/mol. The summed E-state index contributed by atoms with van der Waals surface area (Å²) >= 11 is 0. The molecule has 1 saturated heterocycles. The number of furan rings is 1. The molecule has 1 aliphatic rings. The van der Waals surface area contributed by atoms with Crippen LogP contribution in [0, 0.1) is 0 Å². The molecule has 120 valence electrons. The first-order valence-electron chi connectivity index (χ1n) is 7.77. The molecule has 1 aromatic heterocycles. The van der Waals surface area contributed by atoms with Crippen molar-refractivity contribution in [1.82, 2.24) is 4.90 Å². The van der Waals surface area contributed by atoms with Gasteiger partial charge in [-0.3, -0.25) is 4.79 Å². The molecule has 23 heavy (non-hydrogen) atoms. The van der Waals surface area contributed by atoms with Crippen LogP contribution in [0.15, 0.2) is 53.2 Å². The van der Waals surface area contributed by atoms with Gasteiger partial charge in [-0.1, -0.05) is 0 Å². The molecule has 1 N–H and O–H groups in total. The number of carbonyl (C=O) groups excluding carboxylic acids is 1. The van der Waals surface area contributed by atoms with Crippen LogP contribution in [0.2, 0.25) is 0 Å². The molecule has 1 amide bonds. The monoisotopic (exact) mass is 311 g/mol. The van der Waals surface area contributed by atoms with E-state index < -0.39 is 0 Å². The van der Waals surface area contributed by atoms with Gasteiger partial charge in [0.05, 0.1) is 6.26 Å². The lowest BCUT2D eigenvalue weighted by molar-refractivity contribution is -0.111. The van der Waals surface area contributed by atoms with Crippen molar-refractivity contribution in [3.63, 3.8) is 0 Å². The first-order chi connectivity index (χ1) is 11.2. The summed E-state index contributed by atoms with van der Waals surface area (Å²) in [5.41, 5.74) is 1.99. The maximum atomic E-state index is 11.9. The molecular weight excluding hydrogens is 290 g/mol. The number of carbonyl (C=O) groups is 1. The molecule has 2 aromatic rings. The van der Waals surface area contributed by atoms with Gasteiger partial charge in [0.2, 0.25) is 5.91 Å². The highest BCUT2D eigenvalue weighted by molar-refractivity contribution is 6.01. The molecule has 0 bridgehead atoms. The predicted molar refractivity (Wildman–Crippen MR) is 92.5 cm³/mol. The standard InChI is InChI=1S/C18H21N3O2/c1-20-10-12-21(13-11-20)16-6-4-15(5-7-16)19-18(22)9-8-17-3-2-14-23-17/h2-9,14H,10-13H2,1H3,(H,19,22). The summed E-state index contributed by atoms with van der Waals surface area (Å²) in [4.78, 5) is 16.6. The van der Waals surface area contributed by atoms with Gasteiger partial charge in [0.15, 0.2) is 0 Å². The topological polar surface area (TPSA) is 48.7 Å². The summed E-state index contributed by atoms with van der Waals surface area (Å²) in [5.74, 6) is 0.485. The van der Waals surface area contributed by atoms with Crippen molar-refractivity contribution >= 4 is 23.4 Å². The van der Waals surface area contributed by atoms with E-state index in [4.69, 9.17) is 4.42 Å². The van der Waals surface area contributed by atoms with Gasteiger partial charge in [0.1, 0.15) is 5.76 Å². The number of benzene rings is 1. The molecule has 0 spiro atoms. The third-order valence-corrected chi connectivity index (χ3v) is 3.95. The van der Waals surface area contributed by atoms with Crippen molar-refractivity contribution in [3.8, 4) is 0 Å². The van der Waals surface area contributed by atoms with Crippen molar-refractivity contribution in [2.75, 3.05) is 43.4 Å². The first kappa shape index (κ1) is 15.4. The highest BCUT2D eigenvalue weighted by atomic mass is 16.3. The van der Waals surface area contributed by atoms with Crippen LogP contribution >= 0.6 is 0 Å². The largest absolute Gasteiger partial charge is 0.465 e. The molecule has 1 aromatic carbocycles. The van der Waals surface area contributed by atoms with E-state index in [0.717, 1.165) is 31.9 Å². The van der Waals surface area contributed by atoms with E-state index in [-0.39, 0.29) is 5.91 Å². The number of hydrogen-bond donors (Lipinski definition) is 1. The Morgan fingerprint density at radius 3 is 2.52 bits per heavy atom. The molecule has 1 fully saturated rings. The fourth-order valence-electron chi connectivity index (χ4n) is 2.55. The normalized spacial score (nSPS) is 16.0. The highest BCUT2D eigenvalue weighted by Crippen LogP contribution is 2.19. The van der Waals surface area contributed by atoms with Crippen LogP contribution in [-0.4, -0.2) is 44.0 Å². The van der Waals surface area contributed by atoms with Crippen LogP contribution < -0.4 is 10.2 Å². The van der Waals surface area contributed by atoms with E-state index in [1.165, 1.54) is 11.8 Å². The SMILES string of the molecule is CN1CCN(c2ccc(NC(=O)C=Cc3ccco3)cc2)CC1. The van der Waals surface area contributed by atoms with Crippen LogP contribution in [0.4, 0.5) is 11.4 Å². The maximum Gasteiger partial charge on any atom is 0.248 e. The quantitative estimate of drug-likeness (QED) is 0.882. The molecule has 3 rings (SSSR count). The maximum absolute atomic E-state index is 11.9. The fraction of sp³-hybridized carbons (Fsp3) is 0.278. The van der Waals surface area contributed by atoms with Crippen LogP contribution in [0.25, 0.3) is 6.08 Å². The molecule has 2 heterocycles. The van der Waals surface area contributed by atoms with Gasteiger partial charge in [-0.2, -0.15) is 0 Å². The molecule has 0 aliphatic carbocycles. The molecule has 0 radical (unpaired) electrons. The predicted octanol–water partition coefficient (Wildman–Crippen LogP) is 2.68. The van der Waals surface area contributed by atoms with Crippen molar-refractivity contribution in [3.05, 3.63) is 54.5 Å². The first-order valence-corrected chi connectivity index (χ1v) is 7.77. The van der Waals surface area contributed by atoms with Crippen LogP contribution in [-0.2, 0) is 4.79 Å². The number of nitrogens with one attached hydrogen (secondary N) is 1. The number of piperazine rings is 1. The van der Waals surface area contributed by atoms with E-state index in [2.05, 4.69) is 34.3 Å². The second kappa shape index (κ2) is 7.15. The summed E-state index contributed by atoms with van der Waals surface area (Å²) in [7, 11) is 2.15. The average Bonchev–Trinajstić information content (AvgIpc) is 3.08. The molecule has 1 aliphatic heterocycles. The number of rotatable bonds is 4. The van der Waals surface area contributed by atoms with Crippen LogP contribution in [0.1, 0.15) is 5.76 Å². The molecule has 5 heteroatoms. The van der Waals surface area contributed by atoms with E-state index in [0.29, 0.717) is 5.76 Å². The van der Waals surface area contributed by atoms with Crippen molar-refractivity contribution in [2.45, 2.75) is 0 Å². The van der Waals surface area contributed by atoms with Crippen molar-refractivity contribution in [1.29, 1.82) is 0 Å². The Labute approximate surface area is 136 Å². The zero-order valence-corrected chi connectivity index (χ0v) is 13.2. The van der Waals surface area contributed by atoms with Gasteiger partial charge in [-0.25, -0.2) is 0 Å². The molecule has 0 saturated carbocycles. The molecule has 0 unspecified atom stereocenters. The van der Waals surface area contributed by atoms with Crippen LogP contribution in [0.5, 0.6) is 0 Å². The van der Waals surface area contributed by atoms with Gasteiger partial charge in [0, 0.05) is 43.6 Å². The Morgan fingerprint density at radius 1 is 1.13 bits per heavy atom. The number of hydrogen-bond acceptors (Lipinski definition) is 4. The molecular formula is C18H21N3O2. The third kappa shape index (κ3) is 4.23. The van der Waals surface area contributed by atoms with Gasteiger partial charge in [0.25, 0.3) is 0 Å². The van der Waals surface area contributed by atoms with Crippen molar-refractivity contribution in [2.24, 2.45) is 0 Å². The minimum atomic E-state index is -0.172. The Bertz CT molecular complexity index is 654. The third-order valence-electron chi connectivity index (χ3n) is 3.95. The number of amides is 1. The Morgan fingerprint density at radius 2 is 1.87 bits per heavy atom. The number of likely N-dealkylation sites (N-methyl/N-ethyl adjacent to an activating group) is 1. The van der Waals surface area contributed by atoms with Gasteiger partial charge < -0.3 is 19.5 Å². The summed E-state index contributed by atoms with van der Waals surface area (Å²) in [6.45, 7) is 4.23. The van der Waals surface area contributed by atoms with E-state index in [9.17, 15) is 4.79 Å². The minimum Gasteiger partial charge on any atom is -0.465 e. The summed E-state index contributed by atoms with van der Waals surface area (Å²) in [5, 5.41) is 2.85. The second-order valence-corrected chi connectivity index (χ2v) is 5.68. The van der Waals surface area contributed by atoms with Gasteiger partial charge in [-0.05, 0) is 49.5 Å².